The summed E-state index contributed by atoms with van der Waals surface area (Å²) in [6, 6.07) is 3.23. The van der Waals surface area contributed by atoms with E-state index in [-0.39, 0.29) is 11.7 Å². The van der Waals surface area contributed by atoms with Crippen LogP contribution < -0.4 is 0 Å². The van der Waals surface area contributed by atoms with Crippen molar-refractivity contribution >= 4 is 21.9 Å². The molecule has 88 valence electrons. The van der Waals surface area contributed by atoms with E-state index in [0.717, 1.165) is 10.0 Å². The van der Waals surface area contributed by atoms with Crippen LogP contribution in [0, 0.1) is 12.8 Å². The van der Waals surface area contributed by atoms with E-state index in [1.165, 1.54) is 6.07 Å². The number of phenols is 1. The fourth-order valence-electron chi connectivity index (χ4n) is 1.82. The van der Waals surface area contributed by atoms with Crippen LogP contribution in [0.4, 0.5) is 0 Å². The summed E-state index contributed by atoms with van der Waals surface area (Å²) >= 11 is 3.34. The highest BCUT2D eigenvalue weighted by molar-refractivity contribution is 9.10. The smallest absolute Gasteiger partial charge is 0.311 e. The molecule has 1 rings (SSSR count). The Morgan fingerprint density at radius 2 is 1.94 bits per heavy atom. The zero-order valence-corrected chi connectivity index (χ0v) is 11.1. The summed E-state index contributed by atoms with van der Waals surface area (Å²) in [5, 5.41) is 19.0. The summed E-state index contributed by atoms with van der Waals surface area (Å²) in [5.74, 6) is -1.62. The van der Waals surface area contributed by atoms with Crippen LogP contribution in [0.5, 0.6) is 5.75 Å². The highest BCUT2D eigenvalue weighted by Crippen LogP contribution is 2.37. The second-order valence-corrected chi connectivity index (χ2v) is 5.02. The van der Waals surface area contributed by atoms with Crippen molar-refractivity contribution in [2.24, 2.45) is 5.92 Å². The molecular weight excluding hydrogens is 272 g/mol. The maximum atomic E-state index is 11.2. The van der Waals surface area contributed by atoms with Gasteiger partial charge in [0.25, 0.3) is 0 Å². The van der Waals surface area contributed by atoms with E-state index < -0.39 is 11.9 Å². The average molecular weight is 287 g/mol. The second-order valence-electron chi connectivity index (χ2n) is 4.17. The second kappa shape index (κ2) is 4.87. The van der Waals surface area contributed by atoms with Crippen molar-refractivity contribution in [2.45, 2.75) is 26.7 Å². The van der Waals surface area contributed by atoms with Gasteiger partial charge in [0.15, 0.2) is 0 Å². The van der Waals surface area contributed by atoms with Crippen molar-refractivity contribution in [3.63, 3.8) is 0 Å². The van der Waals surface area contributed by atoms with Crippen molar-refractivity contribution < 1.29 is 15.0 Å². The SMILES string of the molecule is Cc1c(Br)ccc(O)c1C(C(=O)O)C(C)C. The molecule has 0 saturated carbocycles. The Kier molecular flexibility index (Phi) is 3.97. The van der Waals surface area contributed by atoms with Crippen LogP contribution in [0.2, 0.25) is 0 Å². The highest BCUT2D eigenvalue weighted by Gasteiger charge is 2.28. The van der Waals surface area contributed by atoms with Crippen molar-refractivity contribution in [2.75, 3.05) is 0 Å². The van der Waals surface area contributed by atoms with E-state index in [1.807, 2.05) is 13.8 Å². The number of carboxylic acid groups (broad SMARTS) is 1. The molecule has 1 aromatic carbocycles. The minimum atomic E-state index is -0.911. The van der Waals surface area contributed by atoms with Crippen molar-refractivity contribution in [3.8, 4) is 5.75 Å². The third-order valence-corrected chi connectivity index (χ3v) is 3.53. The summed E-state index contributed by atoms with van der Waals surface area (Å²) in [5.41, 5.74) is 1.28. The number of aromatic hydroxyl groups is 1. The van der Waals surface area contributed by atoms with Crippen LogP contribution in [0.1, 0.15) is 30.9 Å². The van der Waals surface area contributed by atoms with E-state index in [9.17, 15) is 15.0 Å². The predicted octanol–water partition coefficient (Wildman–Crippen LogP) is 3.29. The predicted molar refractivity (Wildman–Crippen MR) is 65.8 cm³/mol. The van der Waals surface area contributed by atoms with Gasteiger partial charge in [-0.25, -0.2) is 0 Å². The van der Waals surface area contributed by atoms with Gasteiger partial charge < -0.3 is 10.2 Å². The number of benzene rings is 1. The van der Waals surface area contributed by atoms with Gasteiger partial charge in [-0.3, -0.25) is 4.79 Å². The molecule has 0 aromatic heterocycles. The molecule has 0 heterocycles. The molecule has 0 spiro atoms. The van der Waals surface area contributed by atoms with E-state index >= 15 is 0 Å². The Bertz CT molecular complexity index is 413. The number of hydrogen-bond acceptors (Lipinski definition) is 2. The molecular formula is C12H15BrO3. The van der Waals surface area contributed by atoms with Gasteiger partial charge in [-0.15, -0.1) is 0 Å². The largest absolute Gasteiger partial charge is 0.508 e. The maximum Gasteiger partial charge on any atom is 0.311 e. The lowest BCUT2D eigenvalue weighted by molar-refractivity contribution is -0.139. The topological polar surface area (TPSA) is 57.5 Å². The molecule has 0 bridgehead atoms. The molecule has 16 heavy (non-hydrogen) atoms. The summed E-state index contributed by atoms with van der Waals surface area (Å²) in [7, 11) is 0. The Balaban J connectivity index is 3.40. The number of phenolic OH excluding ortho intramolecular Hbond substituents is 1. The Morgan fingerprint density at radius 1 is 1.38 bits per heavy atom. The van der Waals surface area contributed by atoms with Crippen molar-refractivity contribution in [1.29, 1.82) is 0 Å². The first-order chi connectivity index (χ1) is 7.36. The van der Waals surface area contributed by atoms with Crippen LogP contribution in [0.3, 0.4) is 0 Å². The molecule has 3 nitrogen and oxygen atoms in total. The van der Waals surface area contributed by atoms with Gasteiger partial charge in [-0.05, 0) is 30.5 Å². The first-order valence-electron chi connectivity index (χ1n) is 5.07. The molecule has 4 heteroatoms. The van der Waals surface area contributed by atoms with Crippen molar-refractivity contribution in [1.82, 2.24) is 0 Å². The monoisotopic (exact) mass is 286 g/mol. The van der Waals surface area contributed by atoms with Gasteiger partial charge in [-0.2, -0.15) is 0 Å². The van der Waals surface area contributed by atoms with Crippen LogP contribution in [-0.2, 0) is 4.79 Å². The van der Waals surface area contributed by atoms with Gasteiger partial charge in [-0.1, -0.05) is 29.8 Å². The third kappa shape index (κ3) is 2.38. The summed E-state index contributed by atoms with van der Waals surface area (Å²) < 4.78 is 0.812. The highest BCUT2D eigenvalue weighted by atomic mass is 79.9. The lowest BCUT2D eigenvalue weighted by Crippen LogP contribution is -2.18. The number of halogens is 1. The fourth-order valence-corrected chi connectivity index (χ4v) is 2.17. The molecule has 0 fully saturated rings. The molecule has 0 amide bonds. The normalized spacial score (nSPS) is 12.8. The van der Waals surface area contributed by atoms with Crippen molar-refractivity contribution in [3.05, 3.63) is 27.7 Å². The molecule has 1 unspecified atom stereocenters. The van der Waals surface area contributed by atoms with Crippen LogP contribution >= 0.6 is 15.9 Å². The van der Waals surface area contributed by atoms with E-state index in [0.29, 0.717) is 5.56 Å². The number of rotatable bonds is 3. The number of carboxylic acids is 1. The molecule has 0 aliphatic heterocycles. The summed E-state index contributed by atoms with van der Waals surface area (Å²) in [6.45, 7) is 5.47. The van der Waals surface area contributed by atoms with Crippen LogP contribution in [-0.4, -0.2) is 16.2 Å². The number of carbonyl (C=O) groups is 1. The number of aliphatic carboxylic acids is 1. The average Bonchev–Trinajstić information content (AvgIpc) is 2.17. The lowest BCUT2D eigenvalue weighted by Gasteiger charge is -2.20. The first kappa shape index (κ1) is 13.0. The fraction of sp³-hybridized carbons (Fsp3) is 0.417. The zero-order valence-electron chi connectivity index (χ0n) is 9.49. The zero-order chi connectivity index (χ0) is 12.5. The quantitative estimate of drug-likeness (QED) is 0.896. The maximum absolute atomic E-state index is 11.2. The van der Waals surface area contributed by atoms with Crippen LogP contribution in [0.15, 0.2) is 16.6 Å². The summed E-state index contributed by atoms with van der Waals surface area (Å²) in [4.78, 5) is 11.2. The lowest BCUT2D eigenvalue weighted by atomic mass is 9.85. The minimum absolute atomic E-state index is 0.0433. The van der Waals surface area contributed by atoms with Gasteiger partial charge in [0.2, 0.25) is 0 Å². The molecule has 2 N–H and O–H groups in total. The molecule has 0 radical (unpaired) electrons. The molecule has 0 aliphatic rings. The standard InChI is InChI=1S/C12H15BrO3/c1-6(2)10(12(15)16)11-7(3)8(13)4-5-9(11)14/h4-6,10,14H,1-3H3,(H,15,16). The Hall–Kier alpha value is -1.03. The van der Waals surface area contributed by atoms with E-state index in [1.54, 1.807) is 13.0 Å². The third-order valence-electron chi connectivity index (χ3n) is 2.67. The Morgan fingerprint density at radius 3 is 2.38 bits per heavy atom. The van der Waals surface area contributed by atoms with E-state index in [4.69, 9.17) is 0 Å². The minimum Gasteiger partial charge on any atom is -0.508 e. The van der Waals surface area contributed by atoms with Gasteiger partial charge in [0.05, 0.1) is 5.92 Å². The number of hydrogen-bond donors (Lipinski definition) is 2. The molecule has 0 saturated heterocycles. The summed E-state index contributed by atoms with van der Waals surface area (Å²) in [6.07, 6.45) is 0. The molecule has 1 aromatic rings. The first-order valence-corrected chi connectivity index (χ1v) is 5.86. The van der Waals surface area contributed by atoms with Gasteiger partial charge in [0.1, 0.15) is 5.75 Å². The van der Waals surface area contributed by atoms with E-state index in [2.05, 4.69) is 15.9 Å². The molecule has 1 atom stereocenters. The van der Waals surface area contributed by atoms with Gasteiger partial charge in [0, 0.05) is 10.0 Å². The van der Waals surface area contributed by atoms with Gasteiger partial charge >= 0.3 is 5.97 Å². The molecule has 0 aliphatic carbocycles. The van der Waals surface area contributed by atoms with Crippen LogP contribution in [0.25, 0.3) is 0 Å². The Labute approximate surface area is 103 Å².